The predicted molar refractivity (Wildman–Crippen MR) is 69.6 cm³/mol. The number of esters is 2. The SMILES string of the molecule is CC(=O)OC1CO[C@@H](COC(=O)c2ccccc2)S1. The molecular formula is C13H14O5S. The van der Waals surface area contributed by atoms with E-state index in [2.05, 4.69) is 0 Å². The fraction of sp³-hybridized carbons (Fsp3) is 0.385. The van der Waals surface area contributed by atoms with Crippen molar-refractivity contribution in [3.05, 3.63) is 35.9 Å². The van der Waals surface area contributed by atoms with Crippen molar-refractivity contribution in [1.29, 1.82) is 0 Å². The highest BCUT2D eigenvalue weighted by Gasteiger charge is 2.29. The van der Waals surface area contributed by atoms with Crippen molar-refractivity contribution in [2.75, 3.05) is 13.2 Å². The first-order chi connectivity index (χ1) is 9.15. The zero-order chi connectivity index (χ0) is 13.7. The second kappa shape index (κ2) is 6.58. The number of ether oxygens (including phenoxy) is 3. The van der Waals surface area contributed by atoms with Gasteiger partial charge in [0.2, 0.25) is 0 Å². The van der Waals surface area contributed by atoms with Gasteiger partial charge in [-0.05, 0) is 12.1 Å². The van der Waals surface area contributed by atoms with Gasteiger partial charge in [-0.15, -0.1) is 0 Å². The Balaban J connectivity index is 1.75. The maximum Gasteiger partial charge on any atom is 0.338 e. The summed E-state index contributed by atoms with van der Waals surface area (Å²) in [6, 6.07) is 8.75. The summed E-state index contributed by atoms with van der Waals surface area (Å²) < 4.78 is 15.5. The van der Waals surface area contributed by atoms with Crippen LogP contribution in [0.15, 0.2) is 30.3 Å². The van der Waals surface area contributed by atoms with E-state index in [9.17, 15) is 9.59 Å². The summed E-state index contributed by atoms with van der Waals surface area (Å²) in [7, 11) is 0. The highest BCUT2D eigenvalue weighted by molar-refractivity contribution is 8.00. The molecule has 1 aromatic carbocycles. The summed E-state index contributed by atoms with van der Waals surface area (Å²) in [5.41, 5.74) is -0.114. The third-order valence-electron chi connectivity index (χ3n) is 2.38. The van der Waals surface area contributed by atoms with Crippen LogP contribution in [0.2, 0.25) is 0 Å². The summed E-state index contributed by atoms with van der Waals surface area (Å²) >= 11 is 1.33. The number of thioether (sulfide) groups is 1. The fourth-order valence-electron chi connectivity index (χ4n) is 1.57. The van der Waals surface area contributed by atoms with E-state index >= 15 is 0 Å². The van der Waals surface area contributed by atoms with E-state index in [0.717, 1.165) is 0 Å². The van der Waals surface area contributed by atoms with E-state index in [1.165, 1.54) is 18.7 Å². The first-order valence-corrected chi connectivity index (χ1v) is 6.76. The van der Waals surface area contributed by atoms with Gasteiger partial charge in [-0.1, -0.05) is 30.0 Å². The van der Waals surface area contributed by atoms with Gasteiger partial charge in [0.1, 0.15) is 12.0 Å². The lowest BCUT2D eigenvalue weighted by molar-refractivity contribution is -0.143. The lowest BCUT2D eigenvalue weighted by atomic mass is 10.2. The van der Waals surface area contributed by atoms with Crippen LogP contribution in [-0.2, 0) is 19.0 Å². The molecule has 2 atom stereocenters. The molecule has 19 heavy (non-hydrogen) atoms. The average molecular weight is 282 g/mol. The monoisotopic (exact) mass is 282 g/mol. The summed E-state index contributed by atoms with van der Waals surface area (Å²) in [6.07, 6.45) is 0. The minimum absolute atomic E-state index is 0.135. The molecule has 6 heteroatoms. The van der Waals surface area contributed by atoms with Crippen LogP contribution in [0.1, 0.15) is 17.3 Å². The van der Waals surface area contributed by atoms with Crippen LogP contribution in [0.5, 0.6) is 0 Å². The number of hydrogen-bond acceptors (Lipinski definition) is 6. The molecule has 1 fully saturated rings. The quantitative estimate of drug-likeness (QED) is 0.785. The Morgan fingerprint density at radius 3 is 2.79 bits per heavy atom. The van der Waals surface area contributed by atoms with E-state index in [4.69, 9.17) is 14.2 Å². The number of rotatable bonds is 4. The van der Waals surface area contributed by atoms with Gasteiger partial charge >= 0.3 is 11.9 Å². The number of benzene rings is 1. The standard InChI is InChI=1S/C13H14O5S/c1-9(14)18-12-8-16-11(19-12)7-17-13(15)10-5-3-2-4-6-10/h2-6,11-12H,7-8H2,1H3/t11-,12?/m1/s1. The van der Waals surface area contributed by atoms with Gasteiger partial charge in [0.05, 0.1) is 12.2 Å². The van der Waals surface area contributed by atoms with Gasteiger partial charge in [-0.2, -0.15) is 0 Å². The predicted octanol–water partition coefficient (Wildman–Crippen LogP) is 1.82. The highest BCUT2D eigenvalue weighted by Crippen LogP contribution is 2.28. The minimum atomic E-state index is -0.388. The lowest BCUT2D eigenvalue weighted by Crippen LogP contribution is -2.15. The first-order valence-electron chi connectivity index (χ1n) is 5.81. The van der Waals surface area contributed by atoms with Crippen LogP contribution in [0.25, 0.3) is 0 Å². The lowest BCUT2D eigenvalue weighted by Gasteiger charge is -2.10. The summed E-state index contributed by atoms with van der Waals surface area (Å²) in [5.74, 6) is -0.733. The van der Waals surface area contributed by atoms with Gasteiger partial charge < -0.3 is 14.2 Å². The first kappa shape index (κ1) is 13.9. The van der Waals surface area contributed by atoms with E-state index in [-0.39, 0.29) is 29.4 Å². The Bertz CT molecular complexity index is 448. The molecule has 1 aliphatic heterocycles. The van der Waals surface area contributed by atoms with Crippen LogP contribution in [0, 0.1) is 0 Å². The number of carbonyl (C=O) groups is 2. The van der Waals surface area contributed by atoms with Crippen molar-refractivity contribution in [2.45, 2.75) is 17.8 Å². The van der Waals surface area contributed by atoms with Crippen molar-refractivity contribution in [3.8, 4) is 0 Å². The highest BCUT2D eigenvalue weighted by atomic mass is 32.2. The van der Waals surface area contributed by atoms with Gasteiger partial charge in [-0.25, -0.2) is 4.79 Å². The maximum absolute atomic E-state index is 11.7. The summed E-state index contributed by atoms with van der Waals surface area (Å²) in [4.78, 5) is 22.5. The Labute approximate surface area is 115 Å². The van der Waals surface area contributed by atoms with Crippen molar-refractivity contribution in [1.82, 2.24) is 0 Å². The van der Waals surface area contributed by atoms with Gasteiger partial charge in [0.15, 0.2) is 5.44 Å². The largest absolute Gasteiger partial charge is 0.458 e. The molecule has 0 spiro atoms. The zero-order valence-corrected chi connectivity index (χ0v) is 11.2. The summed E-state index contributed by atoms with van der Waals surface area (Å²) in [5, 5.41) is 0. The van der Waals surface area contributed by atoms with Crippen LogP contribution in [-0.4, -0.2) is 36.0 Å². The van der Waals surface area contributed by atoms with Crippen molar-refractivity contribution in [3.63, 3.8) is 0 Å². The smallest absolute Gasteiger partial charge is 0.338 e. The molecule has 1 heterocycles. The topological polar surface area (TPSA) is 61.8 Å². The van der Waals surface area contributed by atoms with Gasteiger partial charge in [-0.3, -0.25) is 4.79 Å². The Morgan fingerprint density at radius 1 is 1.37 bits per heavy atom. The molecule has 0 bridgehead atoms. The molecule has 1 unspecified atom stereocenters. The third kappa shape index (κ3) is 4.25. The number of carbonyl (C=O) groups excluding carboxylic acids is 2. The molecule has 0 aliphatic carbocycles. The van der Waals surface area contributed by atoms with Crippen molar-refractivity contribution >= 4 is 23.7 Å². The van der Waals surface area contributed by atoms with E-state index in [1.807, 2.05) is 6.07 Å². The van der Waals surface area contributed by atoms with Crippen LogP contribution in [0.3, 0.4) is 0 Å². The van der Waals surface area contributed by atoms with Crippen LogP contribution in [0.4, 0.5) is 0 Å². The minimum Gasteiger partial charge on any atom is -0.458 e. The van der Waals surface area contributed by atoms with Gasteiger partial charge in [0, 0.05) is 6.92 Å². The van der Waals surface area contributed by atoms with E-state index in [0.29, 0.717) is 12.2 Å². The van der Waals surface area contributed by atoms with Crippen molar-refractivity contribution in [2.24, 2.45) is 0 Å². The Kier molecular flexibility index (Phi) is 4.81. The second-order valence-corrected chi connectivity index (χ2v) is 5.23. The summed E-state index contributed by atoms with van der Waals surface area (Å²) in [6.45, 7) is 1.80. The molecule has 1 aromatic rings. The number of hydrogen-bond donors (Lipinski definition) is 0. The Hall–Kier alpha value is -1.53. The molecule has 0 aromatic heterocycles. The Morgan fingerprint density at radius 2 is 2.11 bits per heavy atom. The third-order valence-corrected chi connectivity index (χ3v) is 3.49. The van der Waals surface area contributed by atoms with Crippen LogP contribution >= 0.6 is 11.8 Å². The van der Waals surface area contributed by atoms with Crippen molar-refractivity contribution < 1.29 is 23.8 Å². The average Bonchev–Trinajstić information content (AvgIpc) is 2.84. The molecular weight excluding hydrogens is 268 g/mol. The van der Waals surface area contributed by atoms with Crippen LogP contribution < -0.4 is 0 Å². The molecule has 0 radical (unpaired) electrons. The van der Waals surface area contributed by atoms with E-state index in [1.54, 1.807) is 24.3 Å². The molecule has 1 aliphatic rings. The molecule has 0 amide bonds. The zero-order valence-electron chi connectivity index (χ0n) is 10.4. The molecule has 5 nitrogen and oxygen atoms in total. The molecule has 1 saturated heterocycles. The fourth-order valence-corrected chi connectivity index (χ4v) is 2.56. The molecule has 2 rings (SSSR count). The maximum atomic E-state index is 11.7. The molecule has 0 N–H and O–H groups in total. The van der Waals surface area contributed by atoms with Gasteiger partial charge in [0.25, 0.3) is 0 Å². The normalized spacial score (nSPS) is 21.9. The molecule has 102 valence electrons. The molecule has 0 saturated carbocycles. The van der Waals surface area contributed by atoms with E-state index < -0.39 is 0 Å². The second-order valence-electron chi connectivity index (χ2n) is 3.90.